The van der Waals surface area contributed by atoms with Gasteiger partial charge in [0.25, 0.3) is 10.0 Å². The number of rotatable bonds is 5. The van der Waals surface area contributed by atoms with E-state index in [9.17, 15) is 17.2 Å². The number of thiazole rings is 1. The number of aryl methyl sites for hydroxylation is 2. The third kappa shape index (κ3) is 3.76. The zero-order chi connectivity index (χ0) is 18.9. The maximum absolute atomic E-state index is 13.7. The maximum atomic E-state index is 13.7. The van der Waals surface area contributed by atoms with E-state index in [4.69, 9.17) is 0 Å². The van der Waals surface area contributed by atoms with Crippen LogP contribution in [0, 0.1) is 25.5 Å². The van der Waals surface area contributed by atoms with Gasteiger partial charge in [-0.3, -0.25) is 4.31 Å². The predicted molar refractivity (Wildman–Crippen MR) is 97.8 cm³/mol. The molecule has 3 aromatic rings. The fourth-order valence-electron chi connectivity index (χ4n) is 2.52. The third-order valence-electron chi connectivity index (χ3n) is 3.81. The highest BCUT2D eigenvalue weighted by atomic mass is 32.2. The second-order valence-electron chi connectivity index (χ2n) is 5.76. The molecule has 0 bridgehead atoms. The monoisotopic (exact) mass is 394 g/mol. The van der Waals surface area contributed by atoms with Gasteiger partial charge >= 0.3 is 0 Å². The van der Waals surface area contributed by atoms with Gasteiger partial charge in [0.05, 0.1) is 27.8 Å². The number of sulfonamides is 1. The Morgan fingerprint density at radius 1 is 1.04 bits per heavy atom. The number of nitrogens with zero attached hydrogens (tertiary/aromatic N) is 2. The Balaban J connectivity index is 2.12. The minimum absolute atomic E-state index is 0.0335. The lowest BCUT2D eigenvalue weighted by Crippen LogP contribution is -2.31. The summed E-state index contributed by atoms with van der Waals surface area (Å²) in [6.07, 6.45) is 0. The fourth-order valence-corrected chi connectivity index (χ4v) is 4.80. The van der Waals surface area contributed by atoms with Crippen LogP contribution in [0.4, 0.5) is 14.5 Å². The zero-order valence-corrected chi connectivity index (χ0v) is 15.7. The lowest BCUT2D eigenvalue weighted by molar-refractivity contribution is 0.584. The minimum Gasteiger partial charge on any atom is -0.260 e. The molecule has 8 heteroatoms. The number of hydrogen-bond donors (Lipinski definition) is 0. The number of halogens is 2. The predicted octanol–water partition coefficient (Wildman–Crippen LogP) is 4.43. The molecule has 0 radical (unpaired) electrons. The van der Waals surface area contributed by atoms with Crippen LogP contribution in [-0.4, -0.2) is 13.4 Å². The highest BCUT2D eigenvalue weighted by Gasteiger charge is 2.28. The smallest absolute Gasteiger partial charge is 0.260 e. The number of anilines is 1. The van der Waals surface area contributed by atoms with Crippen LogP contribution < -0.4 is 4.31 Å². The normalized spacial score (nSPS) is 11.5. The van der Waals surface area contributed by atoms with Crippen molar-refractivity contribution < 1.29 is 17.2 Å². The van der Waals surface area contributed by atoms with Crippen molar-refractivity contribution in [3.05, 3.63) is 75.7 Å². The second kappa shape index (κ2) is 7.13. The summed E-state index contributed by atoms with van der Waals surface area (Å²) < 4.78 is 54.6. The first kappa shape index (κ1) is 18.5. The summed E-state index contributed by atoms with van der Waals surface area (Å²) >= 11 is 1.40. The van der Waals surface area contributed by atoms with Gasteiger partial charge in [0.2, 0.25) is 0 Å². The topological polar surface area (TPSA) is 50.3 Å². The first-order valence-electron chi connectivity index (χ1n) is 7.73. The van der Waals surface area contributed by atoms with Crippen molar-refractivity contribution in [1.82, 2.24) is 4.98 Å². The summed E-state index contributed by atoms with van der Waals surface area (Å²) in [7, 11) is -4.07. The van der Waals surface area contributed by atoms with E-state index >= 15 is 0 Å². The summed E-state index contributed by atoms with van der Waals surface area (Å²) in [6, 6.07) is 8.73. The van der Waals surface area contributed by atoms with E-state index < -0.39 is 21.7 Å². The first-order chi connectivity index (χ1) is 12.3. The van der Waals surface area contributed by atoms with Crippen molar-refractivity contribution in [3.63, 3.8) is 0 Å². The van der Waals surface area contributed by atoms with E-state index in [1.165, 1.54) is 47.7 Å². The Bertz CT molecular complexity index is 1030. The van der Waals surface area contributed by atoms with Gasteiger partial charge in [-0.25, -0.2) is 22.2 Å². The summed E-state index contributed by atoms with van der Waals surface area (Å²) in [5.74, 6) is -1.12. The number of aromatic nitrogens is 1. The largest absolute Gasteiger partial charge is 0.265 e. The molecule has 0 spiro atoms. The molecule has 0 saturated heterocycles. The molecule has 0 unspecified atom stereocenters. The Kier molecular flexibility index (Phi) is 5.06. The lowest BCUT2D eigenvalue weighted by atomic mass is 10.2. The molecule has 0 saturated carbocycles. The molecule has 0 N–H and O–H groups in total. The summed E-state index contributed by atoms with van der Waals surface area (Å²) in [4.78, 5) is 4.17. The molecule has 136 valence electrons. The Morgan fingerprint density at radius 2 is 1.69 bits per heavy atom. The molecule has 0 aliphatic rings. The molecule has 0 aliphatic carbocycles. The average Bonchev–Trinajstić information content (AvgIpc) is 3.01. The van der Waals surface area contributed by atoms with Crippen LogP contribution in [0.1, 0.15) is 16.3 Å². The van der Waals surface area contributed by atoms with Gasteiger partial charge in [-0.1, -0.05) is 6.07 Å². The second-order valence-corrected chi connectivity index (χ2v) is 8.65. The SMILES string of the molecule is Cc1nc(CN(c2ccc(F)cc2)S(=O)(=O)c2cc(F)ccc2C)cs1. The zero-order valence-electron chi connectivity index (χ0n) is 14.1. The van der Waals surface area contributed by atoms with Gasteiger partial charge in [0.15, 0.2) is 0 Å². The van der Waals surface area contributed by atoms with Gasteiger partial charge in [-0.15, -0.1) is 11.3 Å². The van der Waals surface area contributed by atoms with Crippen molar-refractivity contribution in [2.45, 2.75) is 25.3 Å². The van der Waals surface area contributed by atoms with Crippen LogP contribution >= 0.6 is 11.3 Å². The third-order valence-corrected chi connectivity index (χ3v) is 6.54. The van der Waals surface area contributed by atoms with E-state index in [-0.39, 0.29) is 17.1 Å². The summed E-state index contributed by atoms with van der Waals surface area (Å²) in [5.41, 5.74) is 1.27. The molecule has 1 aromatic heterocycles. The molecule has 0 aliphatic heterocycles. The van der Waals surface area contributed by atoms with Gasteiger partial charge in [0.1, 0.15) is 11.6 Å². The average molecular weight is 394 g/mol. The fraction of sp³-hybridized carbons (Fsp3) is 0.167. The van der Waals surface area contributed by atoms with Crippen molar-refractivity contribution in [1.29, 1.82) is 0 Å². The van der Waals surface area contributed by atoms with E-state index in [1.54, 1.807) is 12.3 Å². The standard InChI is InChI=1S/C18H16F2N2O2S2/c1-12-3-4-15(20)9-18(12)26(23,24)22(10-16-11-25-13(2)21-16)17-7-5-14(19)6-8-17/h3-9,11H,10H2,1-2H3. The van der Waals surface area contributed by atoms with E-state index in [1.807, 2.05) is 6.92 Å². The molecule has 3 rings (SSSR count). The molecular formula is C18H16F2N2O2S2. The quantitative estimate of drug-likeness (QED) is 0.643. The Hall–Kier alpha value is -2.32. The van der Waals surface area contributed by atoms with Crippen LogP contribution in [0.2, 0.25) is 0 Å². The van der Waals surface area contributed by atoms with Crippen LogP contribution in [-0.2, 0) is 16.6 Å². The van der Waals surface area contributed by atoms with E-state index in [0.29, 0.717) is 11.3 Å². The molecule has 0 atom stereocenters. The molecular weight excluding hydrogens is 378 g/mol. The van der Waals surface area contributed by atoms with Gasteiger partial charge in [0, 0.05) is 5.38 Å². The molecule has 0 fully saturated rings. The van der Waals surface area contributed by atoms with Crippen LogP contribution in [0.25, 0.3) is 0 Å². The minimum atomic E-state index is -4.07. The molecule has 1 heterocycles. The van der Waals surface area contributed by atoms with Crippen molar-refractivity contribution >= 4 is 27.0 Å². The van der Waals surface area contributed by atoms with Crippen molar-refractivity contribution in [2.24, 2.45) is 0 Å². The van der Waals surface area contributed by atoms with Gasteiger partial charge in [-0.05, 0) is 55.8 Å². The van der Waals surface area contributed by atoms with Gasteiger partial charge < -0.3 is 0 Å². The number of benzene rings is 2. The van der Waals surface area contributed by atoms with E-state index in [0.717, 1.165) is 15.4 Å². The maximum Gasteiger partial charge on any atom is 0.265 e. The van der Waals surface area contributed by atoms with Gasteiger partial charge in [-0.2, -0.15) is 0 Å². The van der Waals surface area contributed by atoms with Crippen LogP contribution in [0.5, 0.6) is 0 Å². The highest BCUT2D eigenvalue weighted by molar-refractivity contribution is 7.92. The van der Waals surface area contributed by atoms with Crippen molar-refractivity contribution in [2.75, 3.05) is 4.31 Å². The van der Waals surface area contributed by atoms with Crippen LogP contribution in [0.3, 0.4) is 0 Å². The molecule has 2 aromatic carbocycles. The van der Waals surface area contributed by atoms with Crippen LogP contribution in [0.15, 0.2) is 52.7 Å². The highest BCUT2D eigenvalue weighted by Crippen LogP contribution is 2.28. The van der Waals surface area contributed by atoms with Crippen molar-refractivity contribution in [3.8, 4) is 0 Å². The first-order valence-corrected chi connectivity index (χ1v) is 10.0. The molecule has 0 amide bonds. The Morgan fingerprint density at radius 3 is 2.31 bits per heavy atom. The summed E-state index contributed by atoms with van der Waals surface area (Å²) in [5, 5.41) is 2.57. The molecule has 26 heavy (non-hydrogen) atoms. The lowest BCUT2D eigenvalue weighted by Gasteiger charge is -2.24. The van der Waals surface area contributed by atoms with E-state index in [2.05, 4.69) is 4.98 Å². The number of hydrogen-bond acceptors (Lipinski definition) is 4. The Labute approximate surface area is 154 Å². The summed E-state index contributed by atoms with van der Waals surface area (Å²) in [6.45, 7) is 3.39. The molecule has 4 nitrogen and oxygen atoms in total.